The van der Waals surface area contributed by atoms with E-state index in [-0.39, 0.29) is 11.9 Å². The number of hydrogen-bond donors (Lipinski definition) is 2. The van der Waals surface area contributed by atoms with E-state index < -0.39 is 5.60 Å². The molecule has 184 valence electrons. The second-order valence-corrected chi connectivity index (χ2v) is 10.2. The van der Waals surface area contributed by atoms with E-state index in [1.54, 1.807) is 6.07 Å². The van der Waals surface area contributed by atoms with Gasteiger partial charge < -0.3 is 19.7 Å². The maximum atomic E-state index is 12.0. The number of fused-ring (bicyclic) bond motifs is 3. The Labute approximate surface area is 207 Å². The number of benzene rings is 2. The number of rotatable bonds is 9. The Morgan fingerprint density at radius 3 is 2.74 bits per heavy atom. The number of imidazole rings is 1. The Balaban J connectivity index is 1.14. The summed E-state index contributed by atoms with van der Waals surface area (Å²) in [6, 6.07) is 16.2. The number of hydrogen-bond acceptors (Lipinski definition) is 5. The highest BCUT2D eigenvalue weighted by Gasteiger charge is 2.46. The van der Waals surface area contributed by atoms with Crippen molar-refractivity contribution in [2.45, 2.75) is 44.1 Å². The molecule has 6 heteroatoms. The maximum absolute atomic E-state index is 12.0. The number of carbonyl (C=O) groups is 1. The predicted molar refractivity (Wildman–Crippen MR) is 138 cm³/mol. The Bertz CT molecular complexity index is 1220. The number of nitrogens with one attached hydrogen (secondary N) is 1. The van der Waals surface area contributed by atoms with E-state index in [4.69, 9.17) is 4.74 Å². The van der Waals surface area contributed by atoms with Crippen molar-refractivity contribution in [1.82, 2.24) is 14.9 Å². The number of para-hydroxylation sites is 1. The molecule has 1 aromatic heterocycles. The monoisotopic (exact) mass is 473 g/mol. The number of aliphatic hydroxyl groups is 1. The van der Waals surface area contributed by atoms with Gasteiger partial charge in [0.25, 0.3) is 0 Å². The molecular weight excluding hydrogens is 438 g/mol. The van der Waals surface area contributed by atoms with Crippen LogP contribution in [0.5, 0.6) is 0 Å². The summed E-state index contributed by atoms with van der Waals surface area (Å²) in [5.74, 6) is 1.22. The van der Waals surface area contributed by atoms with Crippen LogP contribution in [0.15, 0.2) is 54.6 Å². The molecule has 3 aliphatic carbocycles. The topological polar surface area (TPSA) is 78.5 Å². The van der Waals surface area contributed by atoms with Crippen molar-refractivity contribution in [3.8, 4) is 0 Å². The second-order valence-electron chi connectivity index (χ2n) is 10.2. The van der Waals surface area contributed by atoms with Gasteiger partial charge in [0.05, 0.1) is 23.8 Å². The fourth-order valence-corrected chi connectivity index (χ4v) is 5.93. The zero-order valence-electron chi connectivity index (χ0n) is 20.7. The van der Waals surface area contributed by atoms with Crippen LogP contribution >= 0.6 is 0 Å². The first-order chi connectivity index (χ1) is 17.0. The SMILES string of the molecule is COC(=O)c1cccc2[nH]c(CCCN(C)CC[C@@]3(O)C[C@@H]4CC[C@@H]3C=C4c3ccccc3)nc12. The van der Waals surface area contributed by atoms with Crippen molar-refractivity contribution in [3.63, 3.8) is 0 Å². The quantitative estimate of drug-likeness (QED) is 0.435. The van der Waals surface area contributed by atoms with Gasteiger partial charge in [0.2, 0.25) is 0 Å². The summed E-state index contributed by atoms with van der Waals surface area (Å²) < 4.78 is 4.87. The molecule has 0 amide bonds. The lowest BCUT2D eigenvalue weighted by Crippen LogP contribution is -2.48. The van der Waals surface area contributed by atoms with E-state index in [2.05, 4.69) is 58.3 Å². The van der Waals surface area contributed by atoms with Gasteiger partial charge in [-0.3, -0.25) is 0 Å². The maximum Gasteiger partial charge on any atom is 0.340 e. The zero-order valence-corrected chi connectivity index (χ0v) is 20.7. The Morgan fingerprint density at radius 2 is 2.00 bits per heavy atom. The van der Waals surface area contributed by atoms with Crippen LogP contribution in [0, 0.1) is 11.8 Å². The van der Waals surface area contributed by atoms with E-state index in [0.29, 0.717) is 17.0 Å². The number of aromatic nitrogens is 2. The summed E-state index contributed by atoms with van der Waals surface area (Å²) in [6.45, 7) is 1.80. The molecule has 0 radical (unpaired) electrons. The fraction of sp³-hybridized carbons (Fsp3) is 0.448. The van der Waals surface area contributed by atoms with Crippen LogP contribution in [0.1, 0.15) is 53.8 Å². The first-order valence-corrected chi connectivity index (χ1v) is 12.7. The molecule has 0 spiro atoms. The van der Waals surface area contributed by atoms with Crippen molar-refractivity contribution >= 4 is 22.6 Å². The summed E-state index contributed by atoms with van der Waals surface area (Å²) in [7, 11) is 3.52. The largest absolute Gasteiger partial charge is 0.465 e. The molecule has 1 fully saturated rings. The van der Waals surface area contributed by atoms with Crippen LogP contribution in [0.2, 0.25) is 0 Å². The number of ether oxygens (including phenoxy) is 1. The van der Waals surface area contributed by atoms with Crippen LogP contribution < -0.4 is 0 Å². The van der Waals surface area contributed by atoms with Crippen molar-refractivity contribution in [2.24, 2.45) is 11.8 Å². The third-order valence-corrected chi connectivity index (χ3v) is 7.89. The molecule has 2 bridgehead atoms. The van der Waals surface area contributed by atoms with Gasteiger partial charge in [0.1, 0.15) is 11.3 Å². The third-order valence-electron chi connectivity index (χ3n) is 7.89. The lowest BCUT2D eigenvalue weighted by molar-refractivity contribution is -0.0574. The molecule has 3 aliphatic rings. The average molecular weight is 474 g/mol. The minimum Gasteiger partial charge on any atom is -0.465 e. The zero-order chi connectivity index (χ0) is 24.4. The lowest BCUT2D eigenvalue weighted by Gasteiger charge is -2.48. The van der Waals surface area contributed by atoms with Crippen LogP contribution in [-0.4, -0.2) is 58.8 Å². The highest BCUT2D eigenvalue weighted by atomic mass is 16.5. The van der Waals surface area contributed by atoms with Gasteiger partial charge in [0.15, 0.2) is 0 Å². The number of aryl methyl sites for hydroxylation is 1. The number of aromatic amines is 1. The molecule has 35 heavy (non-hydrogen) atoms. The number of esters is 1. The van der Waals surface area contributed by atoms with Gasteiger partial charge in [-0.15, -0.1) is 0 Å². The molecule has 1 saturated carbocycles. The molecule has 0 saturated heterocycles. The highest BCUT2D eigenvalue weighted by molar-refractivity contribution is 6.01. The molecule has 1 heterocycles. The molecular formula is C29H35N3O3. The smallest absolute Gasteiger partial charge is 0.340 e. The normalized spacial score (nSPS) is 23.6. The molecule has 3 atom stereocenters. The van der Waals surface area contributed by atoms with Gasteiger partial charge in [-0.1, -0.05) is 42.5 Å². The van der Waals surface area contributed by atoms with Crippen molar-refractivity contribution in [1.29, 1.82) is 0 Å². The standard InChI is InChI=1S/C29H35N3O3/c1-32(16-7-12-26-30-25-11-6-10-23(27(25)31-26)28(33)35-2)17-15-29(34)19-21-13-14-22(29)18-24(21)20-8-4-3-5-9-20/h3-6,8-11,18,21-22,34H,7,12-17,19H2,1-2H3,(H,30,31)/t21-,22+,29+/m0/s1. The van der Waals surface area contributed by atoms with Crippen LogP contribution in [0.3, 0.4) is 0 Å². The number of methoxy groups -OCH3 is 1. The van der Waals surface area contributed by atoms with Crippen LogP contribution in [0.4, 0.5) is 0 Å². The van der Waals surface area contributed by atoms with Crippen LogP contribution in [0.25, 0.3) is 16.6 Å². The van der Waals surface area contributed by atoms with Gasteiger partial charge in [0, 0.05) is 18.9 Å². The molecule has 6 nitrogen and oxygen atoms in total. The van der Waals surface area contributed by atoms with Gasteiger partial charge in [-0.2, -0.15) is 0 Å². The summed E-state index contributed by atoms with van der Waals surface area (Å²) in [5.41, 5.74) is 4.16. The predicted octanol–water partition coefficient (Wildman–Crippen LogP) is 4.85. The van der Waals surface area contributed by atoms with Gasteiger partial charge in [-0.25, -0.2) is 9.78 Å². The first kappa shape index (κ1) is 23.8. The summed E-state index contributed by atoms with van der Waals surface area (Å²) in [5, 5.41) is 11.5. The molecule has 3 aromatic rings. The van der Waals surface area contributed by atoms with Gasteiger partial charge >= 0.3 is 5.97 Å². The molecule has 0 aliphatic heterocycles. The van der Waals surface area contributed by atoms with E-state index in [0.717, 1.165) is 56.5 Å². The Morgan fingerprint density at radius 1 is 1.17 bits per heavy atom. The van der Waals surface area contributed by atoms with Gasteiger partial charge in [-0.05, 0) is 74.9 Å². The lowest BCUT2D eigenvalue weighted by atomic mass is 9.61. The first-order valence-electron chi connectivity index (χ1n) is 12.7. The summed E-state index contributed by atoms with van der Waals surface area (Å²) in [4.78, 5) is 22.3. The number of H-pyrrole nitrogens is 1. The number of allylic oxidation sites excluding steroid dienone is 1. The minimum absolute atomic E-state index is 0.246. The van der Waals surface area contributed by atoms with E-state index >= 15 is 0 Å². The second kappa shape index (κ2) is 9.96. The fourth-order valence-electron chi connectivity index (χ4n) is 5.93. The van der Waals surface area contributed by atoms with Crippen LogP contribution in [-0.2, 0) is 11.2 Å². The molecule has 2 aromatic carbocycles. The summed E-state index contributed by atoms with van der Waals surface area (Å²) in [6.07, 6.45) is 8.05. The van der Waals surface area contributed by atoms with E-state index in [1.165, 1.54) is 24.7 Å². The Hall–Kier alpha value is -2.96. The molecule has 0 unspecified atom stereocenters. The van der Waals surface area contributed by atoms with Crippen molar-refractivity contribution < 1.29 is 14.6 Å². The number of carbonyl (C=O) groups excluding carboxylic acids is 1. The average Bonchev–Trinajstić information content (AvgIpc) is 3.31. The minimum atomic E-state index is -0.599. The third kappa shape index (κ3) is 4.91. The van der Waals surface area contributed by atoms with E-state index in [9.17, 15) is 9.90 Å². The molecule has 6 rings (SSSR count). The molecule has 2 N–H and O–H groups in total. The Kier molecular flexibility index (Phi) is 6.76. The van der Waals surface area contributed by atoms with E-state index in [1.807, 2.05) is 12.1 Å². The number of nitrogens with zero attached hydrogens (tertiary/aromatic N) is 2. The summed E-state index contributed by atoms with van der Waals surface area (Å²) >= 11 is 0. The highest BCUT2D eigenvalue weighted by Crippen LogP contribution is 2.51. The van der Waals surface area contributed by atoms with Crippen molar-refractivity contribution in [2.75, 3.05) is 27.2 Å². The van der Waals surface area contributed by atoms with Crippen molar-refractivity contribution in [3.05, 3.63) is 71.6 Å².